The molecule has 0 spiro atoms. The molecule has 0 aliphatic heterocycles. The van der Waals surface area contributed by atoms with Crippen LogP contribution in [0.25, 0.3) is 0 Å². The number of halogens is 2. The molecular formula is C14H19ClIN. The van der Waals surface area contributed by atoms with E-state index in [-0.39, 0.29) is 0 Å². The summed E-state index contributed by atoms with van der Waals surface area (Å²) >= 11 is 8.51. The van der Waals surface area contributed by atoms with Gasteiger partial charge in [-0.3, -0.25) is 0 Å². The van der Waals surface area contributed by atoms with Gasteiger partial charge in [0.25, 0.3) is 0 Å². The Morgan fingerprint density at radius 3 is 2.71 bits per heavy atom. The van der Waals surface area contributed by atoms with Crippen molar-refractivity contribution < 1.29 is 0 Å². The molecule has 1 aliphatic rings. The van der Waals surface area contributed by atoms with Crippen molar-refractivity contribution in [3.8, 4) is 0 Å². The average Bonchev–Trinajstić information content (AvgIpc) is 2.83. The molecule has 17 heavy (non-hydrogen) atoms. The zero-order valence-corrected chi connectivity index (χ0v) is 13.1. The van der Waals surface area contributed by atoms with Crippen LogP contribution >= 0.6 is 34.2 Å². The Kier molecular flexibility index (Phi) is 5.12. The van der Waals surface area contributed by atoms with Gasteiger partial charge in [-0.25, -0.2) is 0 Å². The molecule has 0 bridgehead atoms. The van der Waals surface area contributed by atoms with Crippen LogP contribution in [0.5, 0.6) is 0 Å². The van der Waals surface area contributed by atoms with E-state index in [0.717, 1.165) is 21.1 Å². The molecule has 94 valence electrons. The molecule has 2 rings (SSSR count). The van der Waals surface area contributed by atoms with Crippen molar-refractivity contribution >= 4 is 34.2 Å². The van der Waals surface area contributed by atoms with Gasteiger partial charge in [-0.15, -0.1) is 0 Å². The summed E-state index contributed by atoms with van der Waals surface area (Å²) < 4.78 is 1.13. The van der Waals surface area contributed by atoms with Crippen molar-refractivity contribution in [2.75, 3.05) is 6.54 Å². The Bertz CT molecular complexity index is 374. The Balaban J connectivity index is 2.21. The van der Waals surface area contributed by atoms with Crippen molar-refractivity contribution in [1.82, 2.24) is 5.32 Å². The minimum atomic E-state index is 0.483. The smallest absolute Gasteiger partial charge is 0.0542 e. The van der Waals surface area contributed by atoms with Crippen molar-refractivity contribution in [2.45, 2.75) is 38.6 Å². The Labute approximate surface area is 122 Å². The van der Waals surface area contributed by atoms with E-state index >= 15 is 0 Å². The monoisotopic (exact) mass is 363 g/mol. The summed E-state index contributed by atoms with van der Waals surface area (Å²) in [5, 5.41) is 4.51. The molecule has 1 atom stereocenters. The van der Waals surface area contributed by atoms with Crippen LogP contribution in [0.3, 0.4) is 0 Å². The summed E-state index contributed by atoms with van der Waals surface area (Å²) in [6.45, 7) is 3.20. The van der Waals surface area contributed by atoms with E-state index in [2.05, 4.69) is 53.0 Å². The summed E-state index contributed by atoms with van der Waals surface area (Å²) in [7, 11) is 0. The molecule has 1 nitrogen and oxygen atoms in total. The molecule has 3 heteroatoms. The minimum Gasteiger partial charge on any atom is -0.310 e. The van der Waals surface area contributed by atoms with E-state index in [1.165, 1.54) is 31.2 Å². The molecular weight excluding hydrogens is 345 g/mol. The standard InChI is InChI=1S/C14H19ClIN/c1-2-17-14(10-5-3-4-6-10)11-7-8-13(16)12(15)9-11/h7-10,14,17H,2-6H2,1H3. The molecule has 1 saturated carbocycles. The van der Waals surface area contributed by atoms with Gasteiger partial charge >= 0.3 is 0 Å². The summed E-state index contributed by atoms with van der Waals surface area (Å²) in [4.78, 5) is 0. The lowest BCUT2D eigenvalue weighted by Gasteiger charge is -2.25. The van der Waals surface area contributed by atoms with Crippen molar-refractivity contribution in [1.29, 1.82) is 0 Å². The van der Waals surface area contributed by atoms with E-state index in [9.17, 15) is 0 Å². The zero-order chi connectivity index (χ0) is 12.3. The summed E-state index contributed by atoms with van der Waals surface area (Å²) in [5.74, 6) is 0.783. The van der Waals surface area contributed by atoms with E-state index in [4.69, 9.17) is 11.6 Å². The summed E-state index contributed by atoms with van der Waals surface area (Å²) in [6, 6.07) is 6.96. The van der Waals surface area contributed by atoms with E-state index in [0.29, 0.717) is 6.04 Å². The van der Waals surface area contributed by atoms with Gasteiger partial charge in [0, 0.05) is 9.61 Å². The number of benzene rings is 1. The van der Waals surface area contributed by atoms with E-state index in [1.54, 1.807) is 0 Å². The van der Waals surface area contributed by atoms with Crippen molar-refractivity contribution in [2.24, 2.45) is 5.92 Å². The minimum absolute atomic E-state index is 0.483. The lowest BCUT2D eigenvalue weighted by molar-refractivity contribution is 0.374. The number of hydrogen-bond donors (Lipinski definition) is 1. The number of rotatable bonds is 4. The highest BCUT2D eigenvalue weighted by Gasteiger charge is 2.25. The lowest BCUT2D eigenvalue weighted by atomic mass is 9.91. The first-order valence-electron chi connectivity index (χ1n) is 6.40. The third-order valence-electron chi connectivity index (χ3n) is 3.60. The van der Waals surface area contributed by atoms with Gasteiger partial charge < -0.3 is 5.32 Å². The topological polar surface area (TPSA) is 12.0 Å². The molecule has 0 saturated heterocycles. The van der Waals surface area contributed by atoms with Gasteiger partial charge in [0.15, 0.2) is 0 Å². The van der Waals surface area contributed by atoms with Gasteiger partial charge in [-0.2, -0.15) is 0 Å². The first-order chi connectivity index (χ1) is 8.22. The predicted octanol–water partition coefficient (Wildman–Crippen LogP) is 4.79. The third-order valence-corrected chi connectivity index (χ3v) is 5.17. The third kappa shape index (κ3) is 3.36. The second-order valence-electron chi connectivity index (χ2n) is 4.75. The Morgan fingerprint density at radius 2 is 2.12 bits per heavy atom. The Morgan fingerprint density at radius 1 is 1.41 bits per heavy atom. The fourth-order valence-corrected chi connectivity index (χ4v) is 3.30. The van der Waals surface area contributed by atoms with Crippen LogP contribution in [0.15, 0.2) is 18.2 Å². The van der Waals surface area contributed by atoms with Crippen molar-refractivity contribution in [3.63, 3.8) is 0 Å². The highest BCUT2D eigenvalue weighted by Crippen LogP contribution is 2.36. The average molecular weight is 364 g/mol. The maximum Gasteiger partial charge on any atom is 0.0542 e. The van der Waals surface area contributed by atoms with Gasteiger partial charge in [0.05, 0.1) is 5.02 Å². The largest absolute Gasteiger partial charge is 0.310 e. The van der Waals surface area contributed by atoms with Gasteiger partial charge in [-0.1, -0.05) is 37.4 Å². The maximum absolute atomic E-state index is 6.23. The van der Waals surface area contributed by atoms with Crippen molar-refractivity contribution in [3.05, 3.63) is 32.4 Å². The van der Waals surface area contributed by atoms with E-state index < -0.39 is 0 Å². The first kappa shape index (κ1) is 13.6. The van der Waals surface area contributed by atoms with Crippen LogP contribution in [-0.2, 0) is 0 Å². The van der Waals surface area contributed by atoms with Crippen LogP contribution in [-0.4, -0.2) is 6.54 Å². The SMILES string of the molecule is CCNC(c1ccc(I)c(Cl)c1)C1CCCC1. The number of hydrogen-bond acceptors (Lipinski definition) is 1. The first-order valence-corrected chi connectivity index (χ1v) is 7.86. The molecule has 1 aliphatic carbocycles. The predicted molar refractivity (Wildman–Crippen MR) is 82.5 cm³/mol. The molecule has 1 N–H and O–H groups in total. The van der Waals surface area contributed by atoms with Crippen LogP contribution in [0.2, 0.25) is 5.02 Å². The Hall–Kier alpha value is 0.200. The highest BCUT2D eigenvalue weighted by atomic mass is 127. The molecule has 0 amide bonds. The molecule has 0 heterocycles. The summed E-state index contributed by atoms with van der Waals surface area (Å²) in [5.41, 5.74) is 1.35. The van der Waals surface area contributed by atoms with Gasteiger partial charge in [0.2, 0.25) is 0 Å². The van der Waals surface area contributed by atoms with Gasteiger partial charge in [-0.05, 0) is 65.6 Å². The van der Waals surface area contributed by atoms with E-state index in [1.807, 2.05) is 0 Å². The highest BCUT2D eigenvalue weighted by molar-refractivity contribution is 14.1. The fraction of sp³-hybridized carbons (Fsp3) is 0.571. The van der Waals surface area contributed by atoms with Gasteiger partial charge in [0.1, 0.15) is 0 Å². The summed E-state index contributed by atoms with van der Waals surface area (Å²) in [6.07, 6.45) is 5.46. The van der Waals surface area contributed by atoms with Crippen LogP contribution in [0.1, 0.15) is 44.2 Å². The number of nitrogens with one attached hydrogen (secondary N) is 1. The normalized spacial score (nSPS) is 18.5. The quantitative estimate of drug-likeness (QED) is 0.759. The molecule has 0 aromatic heterocycles. The lowest BCUT2D eigenvalue weighted by Crippen LogP contribution is -2.26. The second-order valence-corrected chi connectivity index (χ2v) is 6.32. The molecule has 1 fully saturated rings. The molecule has 1 aromatic rings. The molecule has 1 aromatic carbocycles. The van der Waals surface area contributed by atoms with Crippen LogP contribution in [0, 0.1) is 9.49 Å². The molecule has 1 unspecified atom stereocenters. The fourth-order valence-electron chi connectivity index (χ4n) is 2.77. The maximum atomic E-state index is 6.23. The van der Waals surface area contributed by atoms with Crippen LogP contribution < -0.4 is 5.32 Å². The second kappa shape index (κ2) is 6.39. The molecule has 0 radical (unpaired) electrons. The van der Waals surface area contributed by atoms with Crippen LogP contribution in [0.4, 0.5) is 0 Å². The zero-order valence-electron chi connectivity index (χ0n) is 10.2.